The van der Waals surface area contributed by atoms with E-state index in [-0.39, 0.29) is 11.3 Å². The van der Waals surface area contributed by atoms with Crippen molar-refractivity contribution >= 4 is 28.9 Å². The van der Waals surface area contributed by atoms with Crippen LogP contribution in [0.5, 0.6) is 0 Å². The molecule has 1 amide bonds. The molecular weight excluding hydrogens is 281 g/mol. The molecule has 0 atom stereocenters. The molecule has 0 heterocycles. The van der Waals surface area contributed by atoms with Crippen LogP contribution in [0.25, 0.3) is 0 Å². The molecule has 20 heavy (non-hydrogen) atoms. The molecule has 2 rings (SSSR count). The number of anilines is 2. The molecule has 0 aliphatic carbocycles. The maximum absolute atomic E-state index is 13.0. The predicted octanol–water partition coefficient (Wildman–Crippen LogP) is 3.19. The quantitative estimate of drug-likeness (QED) is 0.833. The van der Waals surface area contributed by atoms with E-state index in [2.05, 4.69) is 5.32 Å². The van der Waals surface area contributed by atoms with Crippen LogP contribution in [0.3, 0.4) is 0 Å². The zero-order valence-corrected chi connectivity index (χ0v) is 10.9. The monoisotopic (exact) mass is 289 g/mol. The number of nitrogen functional groups attached to an aromatic ring is 1. The summed E-state index contributed by atoms with van der Waals surface area (Å²) in [6.07, 6.45) is 0. The second kappa shape index (κ2) is 5.59. The second-order valence-corrected chi connectivity index (χ2v) is 4.40. The summed E-state index contributed by atoms with van der Waals surface area (Å²) in [4.78, 5) is 12.0. The molecule has 0 aromatic heterocycles. The minimum atomic E-state index is -0.592. The maximum atomic E-state index is 13.0. The molecule has 2 aromatic rings. The number of nitriles is 1. The number of benzene rings is 2. The van der Waals surface area contributed by atoms with Crippen LogP contribution in [0.4, 0.5) is 15.8 Å². The minimum absolute atomic E-state index is 0.116. The highest BCUT2D eigenvalue weighted by molar-refractivity contribution is 6.34. The van der Waals surface area contributed by atoms with Crippen molar-refractivity contribution in [3.05, 3.63) is 58.4 Å². The highest BCUT2D eigenvalue weighted by atomic mass is 35.5. The molecule has 0 bridgehead atoms. The molecule has 0 saturated carbocycles. The van der Waals surface area contributed by atoms with Crippen molar-refractivity contribution in [3.8, 4) is 6.07 Å². The van der Waals surface area contributed by atoms with Crippen molar-refractivity contribution in [2.24, 2.45) is 0 Å². The lowest BCUT2D eigenvalue weighted by Crippen LogP contribution is -2.13. The van der Waals surface area contributed by atoms with Crippen LogP contribution in [0.2, 0.25) is 5.02 Å². The van der Waals surface area contributed by atoms with E-state index in [1.165, 1.54) is 30.3 Å². The van der Waals surface area contributed by atoms with Gasteiger partial charge in [0.05, 0.1) is 28.0 Å². The van der Waals surface area contributed by atoms with Crippen molar-refractivity contribution in [3.63, 3.8) is 0 Å². The Hall–Kier alpha value is -2.58. The first-order valence-electron chi connectivity index (χ1n) is 5.57. The van der Waals surface area contributed by atoms with Gasteiger partial charge in [0.15, 0.2) is 0 Å². The van der Waals surface area contributed by atoms with Crippen molar-refractivity contribution in [2.75, 3.05) is 11.1 Å². The molecule has 100 valence electrons. The fraction of sp³-hybridized carbons (Fsp3) is 0. The van der Waals surface area contributed by atoms with Gasteiger partial charge in [-0.15, -0.1) is 0 Å². The van der Waals surface area contributed by atoms with Gasteiger partial charge in [0.25, 0.3) is 5.91 Å². The van der Waals surface area contributed by atoms with Gasteiger partial charge < -0.3 is 11.1 Å². The maximum Gasteiger partial charge on any atom is 0.255 e. The summed E-state index contributed by atoms with van der Waals surface area (Å²) in [5.41, 5.74) is 6.15. The van der Waals surface area contributed by atoms with Gasteiger partial charge in [0.2, 0.25) is 0 Å². The predicted molar refractivity (Wildman–Crippen MR) is 74.9 cm³/mol. The molecule has 0 unspecified atom stereocenters. The van der Waals surface area contributed by atoms with Crippen LogP contribution in [0, 0.1) is 17.1 Å². The highest BCUT2D eigenvalue weighted by Crippen LogP contribution is 2.23. The second-order valence-electron chi connectivity index (χ2n) is 4.00. The largest absolute Gasteiger partial charge is 0.396 e. The molecule has 0 spiro atoms. The summed E-state index contributed by atoms with van der Waals surface area (Å²) < 4.78 is 13.0. The first-order chi connectivity index (χ1) is 9.51. The number of nitrogens with zero attached hydrogens (tertiary/aromatic N) is 1. The van der Waals surface area contributed by atoms with Crippen LogP contribution in [-0.2, 0) is 0 Å². The van der Waals surface area contributed by atoms with E-state index in [1.807, 2.05) is 6.07 Å². The highest BCUT2D eigenvalue weighted by Gasteiger charge is 2.11. The fourth-order valence-corrected chi connectivity index (χ4v) is 1.73. The van der Waals surface area contributed by atoms with Gasteiger partial charge in [0.1, 0.15) is 5.82 Å². The first kappa shape index (κ1) is 13.8. The van der Waals surface area contributed by atoms with E-state index >= 15 is 0 Å². The Morgan fingerprint density at radius 2 is 2.05 bits per heavy atom. The number of amides is 1. The zero-order valence-electron chi connectivity index (χ0n) is 10.2. The van der Waals surface area contributed by atoms with Crippen LogP contribution >= 0.6 is 11.6 Å². The van der Waals surface area contributed by atoms with Gasteiger partial charge in [-0.05, 0) is 36.4 Å². The number of nitrogens with one attached hydrogen (secondary N) is 1. The molecule has 2 aromatic carbocycles. The fourth-order valence-electron chi connectivity index (χ4n) is 1.57. The smallest absolute Gasteiger partial charge is 0.255 e. The summed E-state index contributed by atoms with van der Waals surface area (Å²) in [5.74, 6) is -1.08. The summed E-state index contributed by atoms with van der Waals surface area (Å²) in [7, 11) is 0. The number of rotatable bonds is 2. The molecule has 6 heteroatoms. The SMILES string of the molecule is N#Cc1ccc(Cl)c(NC(=O)c2ccc(F)c(N)c2)c1. The average Bonchev–Trinajstić information content (AvgIpc) is 2.44. The van der Waals surface area contributed by atoms with Gasteiger partial charge in [-0.1, -0.05) is 11.6 Å². The standard InChI is InChI=1S/C14H9ClFN3O/c15-10-3-1-8(7-17)5-13(10)19-14(20)9-2-4-11(16)12(18)6-9/h1-6H,18H2,(H,19,20). The first-order valence-corrected chi connectivity index (χ1v) is 5.95. The molecule has 0 aliphatic rings. The van der Waals surface area contributed by atoms with E-state index < -0.39 is 11.7 Å². The summed E-state index contributed by atoms with van der Waals surface area (Å²) >= 11 is 5.93. The molecular formula is C14H9ClFN3O. The lowest BCUT2D eigenvalue weighted by molar-refractivity contribution is 0.102. The Morgan fingerprint density at radius 3 is 2.70 bits per heavy atom. The topological polar surface area (TPSA) is 78.9 Å². The van der Waals surface area contributed by atoms with Crippen molar-refractivity contribution in [1.29, 1.82) is 5.26 Å². The number of halogens is 2. The Kier molecular flexibility index (Phi) is 3.87. The number of hydrogen-bond acceptors (Lipinski definition) is 3. The van der Waals surface area contributed by atoms with Crippen molar-refractivity contribution in [1.82, 2.24) is 0 Å². The van der Waals surface area contributed by atoms with Crippen molar-refractivity contribution < 1.29 is 9.18 Å². The van der Waals surface area contributed by atoms with Gasteiger partial charge in [-0.2, -0.15) is 5.26 Å². The Balaban J connectivity index is 2.28. The molecule has 0 fully saturated rings. The summed E-state index contributed by atoms with van der Waals surface area (Å²) in [5, 5.41) is 11.7. The Bertz CT molecular complexity index is 725. The zero-order chi connectivity index (χ0) is 14.7. The van der Waals surface area contributed by atoms with E-state index in [0.717, 1.165) is 6.07 Å². The average molecular weight is 290 g/mol. The third kappa shape index (κ3) is 2.87. The van der Waals surface area contributed by atoms with E-state index in [4.69, 9.17) is 22.6 Å². The Morgan fingerprint density at radius 1 is 1.30 bits per heavy atom. The van der Waals surface area contributed by atoms with E-state index in [0.29, 0.717) is 16.3 Å². The van der Waals surface area contributed by atoms with Crippen LogP contribution in [-0.4, -0.2) is 5.91 Å². The molecule has 4 nitrogen and oxygen atoms in total. The van der Waals surface area contributed by atoms with Gasteiger partial charge >= 0.3 is 0 Å². The van der Waals surface area contributed by atoms with Gasteiger partial charge in [-0.3, -0.25) is 4.79 Å². The molecule has 0 radical (unpaired) electrons. The summed E-state index contributed by atoms with van der Waals surface area (Å²) in [6, 6.07) is 10.1. The number of carbonyl (C=O) groups is 1. The normalized spacial score (nSPS) is 9.85. The van der Waals surface area contributed by atoms with E-state index in [9.17, 15) is 9.18 Å². The summed E-state index contributed by atoms with van der Waals surface area (Å²) in [6.45, 7) is 0. The number of carbonyl (C=O) groups excluding carboxylic acids is 1. The van der Waals surface area contributed by atoms with Crippen LogP contribution < -0.4 is 11.1 Å². The number of nitrogens with two attached hydrogens (primary N) is 1. The molecule has 0 aliphatic heterocycles. The van der Waals surface area contributed by atoms with Gasteiger partial charge in [-0.25, -0.2) is 4.39 Å². The lowest BCUT2D eigenvalue weighted by atomic mass is 10.1. The molecule has 3 N–H and O–H groups in total. The third-order valence-corrected chi connectivity index (χ3v) is 2.93. The lowest BCUT2D eigenvalue weighted by Gasteiger charge is -2.08. The molecule has 0 saturated heterocycles. The van der Waals surface area contributed by atoms with E-state index in [1.54, 1.807) is 0 Å². The van der Waals surface area contributed by atoms with Gasteiger partial charge in [0, 0.05) is 5.56 Å². The third-order valence-electron chi connectivity index (χ3n) is 2.60. The van der Waals surface area contributed by atoms with Crippen molar-refractivity contribution in [2.45, 2.75) is 0 Å². The van der Waals surface area contributed by atoms with Crippen LogP contribution in [0.15, 0.2) is 36.4 Å². The van der Waals surface area contributed by atoms with Crippen LogP contribution in [0.1, 0.15) is 15.9 Å². The minimum Gasteiger partial charge on any atom is -0.396 e. The Labute approximate surface area is 119 Å². The number of hydrogen-bond donors (Lipinski definition) is 2.